The van der Waals surface area contributed by atoms with E-state index in [4.69, 9.17) is 6.42 Å². The van der Waals surface area contributed by atoms with Gasteiger partial charge in [-0.2, -0.15) is 5.10 Å². The molecule has 0 spiro atoms. The van der Waals surface area contributed by atoms with E-state index in [0.29, 0.717) is 0 Å². The minimum absolute atomic E-state index is 0.875. The zero-order valence-corrected chi connectivity index (χ0v) is 11.0. The third-order valence-electron chi connectivity index (χ3n) is 2.96. The van der Waals surface area contributed by atoms with Crippen molar-refractivity contribution in [2.75, 3.05) is 6.54 Å². The summed E-state index contributed by atoms with van der Waals surface area (Å²) < 4.78 is 1.86. The first-order chi connectivity index (χ1) is 9.40. The number of aromatic nitrogens is 2. The van der Waals surface area contributed by atoms with Crippen molar-refractivity contribution in [1.29, 1.82) is 0 Å². The molecule has 0 bridgehead atoms. The van der Waals surface area contributed by atoms with E-state index in [1.165, 1.54) is 5.56 Å². The predicted octanol–water partition coefficient (Wildman–Crippen LogP) is 2.77. The first-order valence-electron chi connectivity index (χ1n) is 6.63. The van der Waals surface area contributed by atoms with Crippen LogP contribution in [-0.2, 0) is 6.54 Å². The van der Waals surface area contributed by atoms with Crippen molar-refractivity contribution < 1.29 is 0 Å². The van der Waals surface area contributed by atoms with Crippen LogP contribution in [-0.4, -0.2) is 16.3 Å². The lowest BCUT2D eigenvalue weighted by atomic mass is 10.2. The molecule has 1 N–H and O–H groups in total. The van der Waals surface area contributed by atoms with Crippen molar-refractivity contribution in [3.05, 3.63) is 48.3 Å². The summed E-state index contributed by atoms with van der Waals surface area (Å²) in [6.45, 7) is 1.91. The van der Waals surface area contributed by atoms with Crippen molar-refractivity contribution in [3.63, 3.8) is 0 Å². The number of hydrogen-bond donors (Lipinski definition) is 1. The molecule has 1 aromatic heterocycles. The molecule has 0 aliphatic carbocycles. The molecule has 0 amide bonds. The Labute approximate surface area is 114 Å². The predicted molar refractivity (Wildman–Crippen MR) is 78.0 cm³/mol. The van der Waals surface area contributed by atoms with Crippen molar-refractivity contribution in [2.45, 2.75) is 25.8 Å². The van der Waals surface area contributed by atoms with E-state index < -0.39 is 0 Å². The number of nitrogens with one attached hydrogen (secondary N) is 1. The lowest BCUT2D eigenvalue weighted by Crippen LogP contribution is -2.14. The lowest BCUT2D eigenvalue weighted by molar-refractivity contribution is 0.629. The van der Waals surface area contributed by atoms with E-state index in [1.807, 2.05) is 16.9 Å². The fraction of sp³-hybridized carbons (Fsp3) is 0.312. The van der Waals surface area contributed by atoms with Gasteiger partial charge in [0.25, 0.3) is 0 Å². The molecular weight excluding hydrogens is 234 g/mol. The van der Waals surface area contributed by atoms with Gasteiger partial charge < -0.3 is 5.32 Å². The van der Waals surface area contributed by atoms with Gasteiger partial charge in [0.15, 0.2) is 0 Å². The van der Waals surface area contributed by atoms with Crippen LogP contribution < -0.4 is 5.32 Å². The number of hydrogen-bond acceptors (Lipinski definition) is 2. The Morgan fingerprint density at radius 2 is 2.05 bits per heavy atom. The zero-order valence-electron chi connectivity index (χ0n) is 11.0. The maximum absolute atomic E-state index is 5.21. The van der Waals surface area contributed by atoms with Gasteiger partial charge in [0, 0.05) is 25.4 Å². The molecule has 1 aromatic carbocycles. The van der Waals surface area contributed by atoms with Gasteiger partial charge in [-0.1, -0.05) is 12.1 Å². The molecular formula is C16H19N3. The van der Waals surface area contributed by atoms with Crippen LogP contribution in [0, 0.1) is 12.3 Å². The van der Waals surface area contributed by atoms with Gasteiger partial charge in [-0.05, 0) is 43.1 Å². The van der Waals surface area contributed by atoms with Gasteiger partial charge in [-0.25, -0.2) is 4.68 Å². The standard InChI is InChI=1S/C16H19N3/c1-2-3-4-5-11-17-14-15-7-9-16(10-8-15)19-13-6-12-18-19/h1,6-10,12-13,17H,3-5,11,14H2. The third-order valence-corrected chi connectivity index (χ3v) is 2.96. The van der Waals surface area contributed by atoms with Crippen LogP contribution in [0.4, 0.5) is 0 Å². The molecule has 0 fully saturated rings. The van der Waals surface area contributed by atoms with Crippen LogP contribution in [0.25, 0.3) is 5.69 Å². The second-order valence-electron chi connectivity index (χ2n) is 4.46. The number of nitrogens with zero attached hydrogens (tertiary/aromatic N) is 2. The van der Waals surface area contributed by atoms with E-state index in [0.717, 1.165) is 38.0 Å². The molecule has 0 saturated carbocycles. The van der Waals surface area contributed by atoms with Gasteiger partial charge in [0.1, 0.15) is 0 Å². The SMILES string of the molecule is C#CCCCCNCc1ccc(-n2cccn2)cc1. The molecule has 2 rings (SSSR count). The van der Waals surface area contributed by atoms with Crippen LogP contribution in [0.15, 0.2) is 42.7 Å². The van der Waals surface area contributed by atoms with E-state index in [1.54, 1.807) is 6.20 Å². The Balaban J connectivity index is 1.75. The van der Waals surface area contributed by atoms with Crippen molar-refractivity contribution in [3.8, 4) is 18.0 Å². The van der Waals surface area contributed by atoms with Gasteiger partial charge in [-0.15, -0.1) is 12.3 Å². The second-order valence-corrected chi connectivity index (χ2v) is 4.46. The summed E-state index contributed by atoms with van der Waals surface area (Å²) in [6, 6.07) is 10.4. The summed E-state index contributed by atoms with van der Waals surface area (Å²) in [6.07, 6.45) is 12.0. The fourth-order valence-corrected chi connectivity index (χ4v) is 1.90. The minimum Gasteiger partial charge on any atom is -0.313 e. The number of benzene rings is 1. The second kappa shape index (κ2) is 7.40. The quantitative estimate of drug-likeness (QED) is 0.607. The Kier molecular flexibility index (Phi) is 5.21. The fourth-order valence-electron chi connectivity index (χ4n) is 1.90. The molecule has 98 valence electrons. The highest BCUT2D eigenvalue weighted by molar-refractivity contribution is 5.33. The average molecular weight is 253 g/mol. The van der Waals surface area contributed by atoms with Gasteiger partial charge in [0.05, 0.1) is 5.69 Å². The Morgan fingerprint density at radius 3 is 2.74 bits per heavy atom. The summed E-state index contributed by atoms with van der Waals surface area (Å²) in [4.78, 5) is 0. The highest BCUT2D eigenvalue weighted by Gasteiger charge is 1.97. The van der Waals surface area contributed by atoms with Crippen LogP contribution >= 0.6 is 0 Å². The van der Waals surface area contributed by atoms with Crippen LogP contribution in [0.5, 0.6) is 0 Å². The third kappa shape index (κ3) is 4.27. The summed E-state index contributed by atoms with van der Waals surface area (Å²) >= 11 is 0. The summed E-state index contributed by atoms with van der Waals surface area (Å²) in [7, 11) is 0. The van der Waals surface area contributed by atoms with E-state index >= 15 is 0 Å². The normalized spacial score (nSPS) is 10.3. The topological polar surface area (TPSA) is 29.9 Å². The van der Waals surface area contributed by atoms with E-state index in [-0.39, 0.29) is 0 Å². The summed E-state index contributed by atoms with van der Waals surface area (Å²) in [5.74, 6) is 2.66. The first-order valence-corrected chi connectivity index (χ1v) is 6.63. The Morgan fingerprint density at radius 1 is 1.21 bits per heavy atom. The number of terminal acetylenes is 1. The number of rotatable bonds is 7. The van der Waals surface area contributed by atoms with Gasteiger partial charge in [0.2, 0.25) is 0 Å². The van der Waals surface area contributed by atoms with Crippen LogP contribution in [0.1, 0.15) is 24.8 Å². The molecule has 0 atom stereocenters. The van der Waals surface area contributed by atoms with E-state index in [2.05, 4.69) is 40.6 Å². The summed E-state index contributed by atoms with van der Waals surface area (Å²) in [5.41, 5.74) is 2.37. The molecule has 0 radical (unpaired) electrons. The molecule has 2 aromatic rings. The molecule has 19 heavy (non-hydrogen) atoms. The molecule has 3 heteroatoms. The highest BCUT2D eigenvalue weighted by Crippen LogP contribution is 2.08. The smallest absolute Gasteiger partial charge is 0.0645 e. The van der Waals surface area contributed by atoms with Crippen LogP contribution in [0.2, 0.25) is 0 Å². The maximum Gasteiger partial charge on any atom is 0.0645 e. The highest BCUT2D eigenvalue weighted by atomic mass is 15.3. The van der Waals surface area contributed by atoms with Crippen molar-refractivity contribution >= 4 is 0 Å². The van der Waals surface area contributed by atoms with Crippen molar-refractivity contribution in [2.24, 2.45) is 0 Å². The zero-order chi connectivity index (χ0) is 13.3. The van der Waals surface area contributed by atoms with Gasteiger partial charge in [-0.3, -0.25) is 0 Å². The number of unbranched alkanes of at least 4 members (excludes halogenated alkanes) is 2. The Hall–Kier alpha value is -2.05. The summed E-state index contributed by atoms with van der Waals surface area (Å²) in [5, 5.41) is 7.63. The molecule has 0 aliphatic heterocycles. The lowest BCUT2D eigenvalue weighted by Gasteiger charge is -2.06. The molecule has 1 heterocycles. The minimum atomic E-state index is 0.875. The largest absolute Gasteiger partial charge is 0.313 e. The Bertz CT molecular complexity index is 506. The molecule has 0 aliphatic rings. The maximum atomic E-state index is 5.21. The van der Waals surface area contributed by atoms with Crippen LogP contribution in [0.3, 0.4) is 0 Å². The molecule has 0 saturated heterocycles. The van der Waals surface area contributed by atoms with E-state index in [9.17, 15) is 0 Å². The molecule has 0 unspecified atom stereocenters. The van der Waals surface area contributed by atoms with Crippen molar-refractivity contribution in [1.82, 2.24) is 15.1 Å². The molecule has 3 nitrogen and oxygen atoms in total. The van der Waals surface area contributed by atoms with Gasteiger partial charge >= 0.3 is 0 Å². The first kappa shape index (κ1) is 13.4. The average Bonchev–Trinajstić information content (AvgIpc) is 2.97. The monoisotopic (exact) mass is 253 g/mol.